The van der Waals surface area contributed by atoms with Crippen LogP contribution in [0.25, 0.3) is 22.0 Å². The van der Waals surface area contributed by atoms with Crippen LogP contribution >= 0.6 is 36.4 Å². The molecule has 1 aliphatic rings. The Kier molecular flexibility index (Phi) is 12.0. The lowest BCUT2D eigenvalue weighted by Crippen LogP contribution is -2.45. The maximum atomic E-state index is 12.6. The largest absolute Gasteiger partial charge is 0.573 e. The van der Waals surface area contributed by atoms with Crippen LogP contribution in [0.2, 0.25) is 5.02 Å². The summed E-state index contributed by atoms with van der Waals surface area (Å²) in [5.41, 5.74) is 12.4. The average Bonchev–Trinajstić information content (AvgIpc) is 3.27. The van der Waals surface area contributed by atoms with Crippen molar-refractivity contribution < 1.29 is 17.9 Å². The van der Waals surface area contributed by atoms with E-state index in [0.717, 1.165) is 79.3 Å². The standard InChI is InChI=1S/C31H34ClF3N4O.2ClH/c1-22-17-26(32)7-4-25(22)20-38-15-13-37(14-16-38)19-23-3-10-30-28(18-23)29(21-39(30)12-2-11-36)24-5-8-27(9-6-24)40-31(33,34)35;;/h3-10,17-18,21H,2,11-16,19-20,36H2,1H3;2*1H. The molecule has 1 aromatic heterocycles. The van der Waals surface area contributed by atoms with Crippen molar-refractivity contribution in [3.05, 3.63) is 88.6 Å². The molecule has 0 aliphatic carbocycles. The van der Waals surface area contributed by atoms with Gasteiger partial charge in [-0.25, -0.2) is 0 Å². The molecule has 228 valence electrons. The number of aryl methyl sites for hydroxylation is 2. The zero-order valence-corrected chi connectivity index (χ0v) is 25.8. The number of rotatable bonds is 9. The molecule has 0 bridgehead atoms. The van der Waals surface area contributed by atoms with Gasteiger partial charge in [0.05, 0.1) is 0 Å². The fraction of sp³-hybridized carbons (Fsp3) is 0.355. The third-order valence-electron chi connectivity index (χ3n) is 7.52. The van der Waals surface area contributed by atoms with E-state index in [1.807, 2.05) is 12.1 Å². The Balaban J connectivity index is 0.00000242. The lowest BCUT2D eigenvalue weighted by atomic mass is 10.0. The predicted molar refractivity (Wildman–Crippen MR) is 169 cm³/mol. The molecule has 1 saturated heterocycles. The lowest BCUT2D eigenvalue weighted by molar-refractivity contribution is -0.274. The number of hydrogen-bond donors (Lipinski definition) is 1. The van der Waals surface area contributed by atoms with E-state index in [1.54, 1.807) is 12.1 Å². The van der Waals surface area contributed by atoms with E-state index >= 15 is 0 Å². The van der Waals surface area contributed by atoms with Crippen molar-refractivity contribution >= 4 is 47.3 Å². The highest BCUT2D eigenvalue weighted by Crippen LogP contribution is 2.34. The third-order valence-corrected chi connectivity index (χ3v) is 7.75. The first kappa shape index (κ1) is 34.0. The van der Waals surface area contributed by atoms with Gasteiger partial charge in [-0.2, -0.15) is 0 Å². The summed E-state index contributed by atoms with van der Waals surface area (Å²) >= 11 is 6.12. The van der Waals surface area contributed by atoms with E-state index in [1.165, 1.54) is 28.8 Å². The molecule has 2 N–H and O–H groups in total. The van der Waals surface area contributed by atoms with Crippen molar-refractivity contribution in [2.75, 3.05) is 32.7 Å². The summed E-state index contributed by atoms with van der Waals surface area (Å²) in [6.45, 7) is 9.19. The summed E-state index contributed by atoms with van der Waals surface area (Å²) in [5.74, 6) is -0.228. The van der Waals surface area contributed by atoms with E-state index in [9.17, 15) is 13.2 Å². The molecule has 0 saturated carbocycles. The Labute approximate surface area is 262 Å². The van der Waals surface area contributed by atoms with Gasteiger partial charge < -0.3 is 15.0 Å². The van der Waals surface area contributed by atoms with Crippen LogP contribution in [-0.4, -0.2) is 53.5 Å². The van der Waals surface area contributed by atoms with Gasteiger partial charge in [-0.1, -0.05) is 35.9 Å². The normalized spacial score (nSPS) is 14.4. The zero-order chi connectivity index (χ0) is 28.3. The highest BCUT2D eigenvalue weighted by atomic mass is 35.5. The van der Waals surface area contributed by atoms with Gasteiger partial charge in [0, 0.05) is 73.5 Å². The molecule has 0 spiro atoms. The molecule has 0 radical (unpaired) electrons. The SMILES string of the molecule is Cc1cc(Cl)ccc1CN1CCN(Cc2ccc3c(c2)c(-c2ccc(OC(F)(F)F)cc2)cn3CCCN)CC1.Cl.Cl. The van der Waals surface area contributed by atoms with Crippen molar-refractivity contribution in [1.82, 2.24) is 14.4 Å². The molecular formula is C31H36Cl3F3N4O. The Hall–Kier alpha value is -2.46. The Morgan fingerprint density at radius 2 is 1.55 bits per heavy atom. The van der Waals surface area contributed by atoms with Gasteiger partial charge in [0.25, 0.3) is 0 Å². The van der Waals surface area contributed by atoms with E-state index < -0.39 is 6.36 Å². The number of halogens is 6. The highest BCUT2D eigenvalue weighted by Gasteiger charge is 2.31. The summed E-state index contributed by atoms with van der Waals surface area (Å²) in [6.07, 6.45) is -1.81. The number of nitrogens with two attached hydrogens (primary N) is 1. The number of alkyl halides is 3. The van der Waals surface area contributed by atoms with Gasteiger partial charge in [0.15, 0.2) is 0 Å². The Morgan fingerprint density at radius 3 is 2.17 bits per heavy atom. The number of fused-ring (bicyclic) bond motifs is 1. The van der Waals surface area contributed by atoms with Gasteiger partial charge in [-0.05, 0) is 78.5 Å². The van der Waals surface area contributed by atoms with E-state index in [2.05, 4.69) is 56.5 Å². The van der Waals surface area contributed by atoms with Crippen LogP contribution in [0.5, 0.6) is 5.75 Å². The lowest BCUT2D eigenvalue weighted by Gasteiger charge is -2.35. The molecule has 0 amide bonds. The van der Waals surface area contributed by atoms with Gasteiger partial charge in [0.1, 0.15) is 5.75 Å². The fourth-order valence-corrected chi connectivity index (χ4v) is 5.62. The first-order valence-electron chi connectivity index (χ1n) is 13.6. The van der Waals surface area contributed by atoms with Crippen molar-refractivity contribution in [3.8, 4) is 16.9 Å². The van der Waals surface area contributed by atoms with Crippen LogP contribution in [-0.2, 0) is 19.6 Å². The van der Waals surface area contributed by atoms with Crippen LogP contribution in [0.4, 0.5) is 13.2 Å². The fourth-order valence-electron chi connectivity index (χ4n) is 5.40. The van der Waals surface area contributed by atoms with E-state index in [4.69, 9.17) is 17.3 Å². The van der Waals surface area contributed by atoms with E-state index in [0.29, 0.717) is 6.54 Å². The second-order valence-corrected chi connectivity index (χ2v) is 10.9. The molecule has 5 nitrogen and oxygen atoms in total. The van der Waals surface area contributed by atoms with Crippen LogP contribution in [0, 0.1) is 6.92 Å². The molecule has 5 rings (SSSR count). The highest BCUT2D eigenvalue weighted by molar-refractivity contribution is 6.30. The third kappa shape index (κ3) is 8.56. The molecule has 42 heavy (non-hydrogen) atoms. The Bertz CT molecular complexity index is 1450. The molecule has 1 aliphatic heterocycles. The summed E-state index contributed by atoms with van der Waals surface area (Å²) in [7, 11) is 0. The topological polar surface area (TPSA) is 46.7 Å². The molecule has 0 unspecified atom stereocenters. The van der Waals surface area contributed by atoms with Crippen molar-refractivity contribution in [3.63, 3.8) is 0 Å². The average molecular weight is 644 g/mol. The number of benzene rings is 3. The van der Waals surface area contributed by atoms with Crippen LogP contribution in [0.15, 0.2) is 66.9 Å². The second kappa shape index (κ2) is 14.8. The van der Waals surface area contributed by atoms with Crippen LogP contribution < -0.4 is 10.5 Å². The molecule has 3 aromatic carbocycles. The van der Waals surface area contributed by atoms with Crippen molar-refractivity contribution in [2.45, 2.75) is 39.3 Å². The maximum absolute atomic E-state index is 12.6. The number of ether oxygens (including phenoxy) is 1. The van der Waals surface area contributed by atoms with Gasteiger partial charge >= 0.3 is 6.36 Å². The molecule has 1 fully saturated rings. The number of aromatic nitrogens is 1. The number of hydrogen-bond acceptors (Lipinski definition) is 4. The van der Waals surface area contributed by atoms with Crippen LogP contribution in [0.3, 0.4) is 0 Å². The summed E-state index contributed by atoms with van der Waals surface area (Å²) in [6, 6.07) is 18.7. The zero-order valence-electron chi connectivity index (χ0n) is 23.4. The molecule has 4 aromatic rings. The molecular weight excluding hydrogens is 608 g/mol. The second-order valence-electron chi connectivity index (χ2n) is 10.4. The number of piperazine rings is 1. The summed E-state index contributed by atoms with van der Waals surface area (Å²) in [5, 5.41) is 1.85. The Morgan fingerprint density at radius 1 is 0.881 bits per heavy atom. The van der Waals surface area contributed by atoms with Gasteiger partial charge in [-0.15, -0.1) is 38.0 Å². The summed E-state index contributed by atoms with van der Waals surface area (Å²) < 4.78 is 44.1. The first-order chi connectivity index (χ1) is 19.2. The molecule has 2 heterocycles. The minimum absolute atomic E-state index is 0. The molecule has 0 atom stereocenters. The van der Waals surface area contributed by atoms with Crippen molar-refractivity contribution in [2.24, 2.45) is 5.73 Å². The number of nitrogens with zero attached hydrogens (tertiary/aromatic N) is 3. The monoisotopic (exact) mass is 642 g/mol. The smallest absolute Gasteiger partial charge is 0.406 e. The maximum Gasteiger partial charge on any atom is 0.573 e. The summed E-state index contributed by atoms with van der Waals surface area (Å²) in [4.78, 5) is 4.96. The van der Waals surface area contributed by atoms with Crippen molar-refractivity contribution in [1.29, 1.82) is 0 Å². The van der Waals surface area contributed by atoms with Gasteiger partial charge in [-0.3, -0.25) is 9.80 Å². The minimum atomic E-state index is -4.71. The minimum Gasteiger partial charge on any atom is -0.406 e. The van der Waals surface area contributed by atoms with E-state index in [-0.39, 0.29) is 30.6 Å². The first-order valence-corrected chi connectivity index (χ1v) is 13.9. The van der Waals surface area contributed by atoms with Crippen LogP contribution in [0.1, 0.15) is 23.1 Å². The quantitative estimate of drug-likeness (QED) is 0.203. The van der Waals surface area contributed by atoms with Gasteiger partial charge in [0.2, 0.25) is 0 Å². The predicted octanol–water partition coefficient (Wildman–Crippen LogP) is 7.68. The molecule has 11 heteroatoms.